The first-order chi connectivity index (χ1) is 5.70. The zero-order chi connectivity index (χ0) is 9.03. The summed E-state index contributed by atoms with van der Waals surface area (Å²) in [5.41, 5.74) is -0.0713. The van der Waals surface area contributed by atoms with Crippen LogP contribution in [0.25, 0.3) is 0 Å². The van der Waals surface area contributed by atoms with Crippen LogP contribution in [-0.2, 0) is 0 Å². The van der Waals surface area contributed by atoms with Crippen molar-refractivity contribution in [3.05, 3.63) is 0 Å². The number of rotatable bonds is 4. The Kier molecular flexibility index (Phi) is 4.15. The van der Waals surface area contributed by atoms with E-state index in [1.165, 1.54) is 25.7 Å². The number of alkyl halides is 2. The molecule has 1 saturated carbocycles. The average molecular weight is 210 g/mol. The van der Waals surface area contributed by atoms with E-state index >= 15 is 0 Å². The van der Waals surface area contributed by atoms with Crippen molar-refractivity contribution in [2.75, 3.05) is 11.8 Å². The fraction of sp³-hybridized carbons (Fsp3) is 1.00. The monoisotopic (exact) mass is 209 g/mol. The second-order valence-corrected chi connectivity index (χ2v) is 4.49. The lowest BCUT2D eigenvalue weighted by molar-refractivity contribution is 0.369. The molecule has 12 heavy (non-hydrogen) atoms. The van der Waals surface area contributed by atoms with E-state index in [2.05, 4.69) is 12.2 Å². The van der Waals surface area contributed by atoms with E-state index in [1.807, 2.05) is 0 Å². The molecule has 1 aliphatic rings. The van der Waals surface area contributed by atoms with E-state index in [-0.39, 0.29) is 5.54 Å². The highest BCUT2D eigenvalue weighted by Gasteiger charge is 2.26. The maximum absolute atomic E-state index is 5.84. The van der Waals surface area contributed by atoms with Crippen molar-refractivity contribution in [2.24, 2.45) is 0 Å². The van der Waals surface area contributed by atoms with Gasteiger partial charge in [0.15, 0.2) is 0 Å². The SMILES string of the molecule is CC(CCl)(CCl)NC1CCCC1. The Balaban J connectivity index is 2.35. The van der Waals surface area contributed by atoms with Gasteiger partial charge in [-0.15, -0.1) is 23.2 Å². The molecular weight excluding hydrogens is 193 g/mol. The van der Waals surface area contributed by atoms with Crippen LogP contribution in [0.2, 0.25) is 0 Å². The van der Waals surface area contributed by atoms with Crippen molar-refractivity contribution < 1.29 is 0 Å². The molecule has 0 aromatic heterocycles. The van der Waals surface area contributed by atoms with Crippen molar-refractivity contribution in [3.8, 4) is 0 Å². The minimum Gasteiger partial charge on any atom is -0.306 e. The largest absolute Gasteiger partial charge is 0.306 e. The number of nitrogens with one attached hydrogen (secondary N) is 1. The van der Waals surface area contributed by atoms with Crippen LogP contribution in [0.15, 0.2) is 0 Å². The van der Waals surface area contributed by atoms with Gasteiger partial charge in [-0.05, 0) is 19.8 Å². The molecule has 0 unspecified atom stereocenters. The molecule has 0 atom stereocenters. The molecule has 0 amide bonds. The fourth-order valence-electron chi connectivity index (χ4n) is 1.68. The van der Waals surface area contributed by atoms with Gasteiger partial charge in [-0.2, -0.15) is 0 Å². The van der Waals surface area contributed by atoms with Gasteiger partial charge < -0.3 is 5.32 Å². The fourth-order valence-corrected chi connectivity index (χ4v) is 2.12. The lowest BCUT2D eigenvalue weighted by Crippen LogP contribution is -2.50. The summed E-state index contributed by atoms with van der Waals surface area (Å²) in [4.78, 5) is 0. The van der Waals surface area contributed by atoms with Gasteiger partial charge in [-0.1, -0.05) is 12.8 Å². The highest BCUT2D eigenvalue weighted by Crippen LogP contribution is 2.21. The molecule has 0 saturated heterocycles. The van der Waals surface area contributed by atoms with E-state index in [0.717, 1.165) is 0 Å². The Labute approximate surface area is 84.8 Å². The van der Waals surface area contributed by atoms with Crippen LogP contribution >= 0.6 is 23.2 Å². The third kappa shape index (κ3) is 2.79. The maximum atomic E-state index is 5.84. The molecule has 0 aliphatic heterocycles. The predicted octanol–water partition coefficient (Wildman–Crippen LogP) is 2.75. The molecule has 0 radical (unpaired) electrons. The molecule has 72 valence electrons. The Morgan fingerprint density at radius 3 is 2.17 bits per heavy atom. The first-order valence-corrected chi connectivity index (χ1v) is 5.67. The summed E-state index contributed by atoms with van der Waals surface area (Å²) < 4.78 is 0. The Morgan fingerprint density at radius 1 is 1.25 bits per heavy atom. The molecule has 0 spiro atoms. The van der Waals surface area contributed by atoms with Gasteiger partial charge in [0.2, 0.25) is 0 Å². The summed E-state index contributed by atoms with van der Waals surface area (Å²) in [5, 5.41) is 3.53. The lowest BCUT2D eigenvalue weighted by atomic mass is 10.1. The van der Waals surface area contributed by atoms with Crippen molar-refractivity contribution in [1.82, 2.24) is 5.32 Å². The van der Waals surface area contributed by atoms with Gasteiger partial charge in [-0.3, -0.25) is 0 Å². The maximum Gasteiger partial charge on any atom is 0.0427 e. The van der Waals surface area contributed by atoms with Crippen molar-refractivity contribution in [3.63, 3.8) is 0 Å². The summed E-state index contributed by atoms with van der Waals surface area (Å²) in [6, 6.07) is 0.646. The van der Waals surface area contributed by atoms with Gasteiger partial charge in [0, 0.05) is 23.3 Å². The third-order valence-corrected chi connectivity index (χ3v) is 3.68. The summed E-state index contributed by atoms with van der Waals surface area (Å²) in [7, 11) is 0. The quantitative estimate of drug-likeness (QED) is 0.703. The summed E-state index contributed by atoms with van der Waals surface area (Å²) in [5.74, 6) is 1.18. The number of hydrogen-bond acceptors (Lipinski definition) is 1. The van der Waals surface area contributed by atoms with Crippen molar-refractivity contribution in [2.45, 2.75) is 44.2 Å². The van der Waals surface area contributed by atoms with Crippen molar-refractivity contribution in [1.29, 1.82) is 0 Å². The third-order valence-electron chi connectivity index (χ3n) is 2.50. The van der Waals surface area contributed by atoms with Crippen LogP contribution in [0.3, 0.4) is 0 Å². The van der Waals surface area contributed by atoms with E-state index in [1.54, 1.807) is 0 Å². The topological polar surface area (TPSA) is 12.0 Å². The first-order valence-electron chi connectivity index (χ1n) is 4.60. The highest BCUT2D eigenvalue weighted by molar-refractivity contribution is 6.22. The molecule has 0 aromatic carbocycles. The second-order valence-electron chi connectivity index (χ2n) is 3.95. The van der Waals surface area contributed by atoms with Crippen LogP contribution in [0, 0.1) is 0 Å². The van der Waals surface area contributed by atoms with E-state index in [9.17, 15) is 0 Å². The molecule has 3 heteroatoms. The van der Waals surface area contributed by atoms with Gasteiger partial charge >= 0.3 is 0 Å². The number of hydrogen-bond donors (Lipinski definition) is 1. The van der Waals surface area contributed by atoms with Gasteiger partial charge in [0.05, 0.1) is 0 Å². The second kappa shape index (κ2) is 4.69. The molecule has 1 nitrogen and oxygen atoms in total. The molecular formula is C9H17Cl2N. The zero-order valence-corrected chi connectivity index (χ0v) is 9.09. The molecule has 0 aromatic rings. The summed E-state index contributed by atoms with van der Waals surface area (Å²) in [6.07, 6.45) is 5.25. The highest BCUT2D eigenvalue weighted by atomic mass is 35.5. The first kappa shape index (κ1) is 10.6. The molecule has 1 rings (SSSR count). The van der Waals surface area contributed by atoms with Gasteiger partial charge in [0.25, 0.3) is 0 Å². The van der Waals surface area contributed by atoms with Crippen molar-refractivity contribution >= 4 is 23.2 Å². The Bertz CT molecular complexity index is 128. The molecule has 1 N–H and O–H groups in total. The molecule has 0 heterocycles. The average Bonchev–Trinajstić information content (AvgIpc) is 2.57. The summed E-state index contributed by atoms with van der Waals surface area (Å²) >= 11 is 11.7. The smallest absolute Gasteiger partial charge is 0.0427 e. The van der Waals surface area contributed by atoms with Gasteiger partial charge in [0.1, 0.15) is 0 Å². The Hall–Kier alpha value is 0.540. The van der Waals surface area contributed by atoms with Crippen LogP contribution in [-0.4, -0.2) is 23.3 Å². The van der Waals surface area contributed by atoms with E-state index < -0.39 is 0 Å². The zero-order valence-electron chi connectivity index (χ0n) is 7.58. The Morgan fingerprint density at radius 2 is 1.75 bits per heavy atom. The molecule has 1 fully saturated rings. The summed E-state index contributed by atoms with van der Waals surface area (Å²) in [6.45, 7) is 2.09. The van der Waals surface area contributed by atoms with E-state index in [4.69, 9.17) is 23.2 Å². The minimum absolute atomic E-state index is 0.0713. The van der Waals surface area contributed by atoms with E-state index in [0.29, 0.717) is 17.8 Å². The molecule has 0 bridgehead atoms. The predicted molar refractivity (Wildman–Crippen MR) is 55.2 cm³/mol. The lowest BCUT2D eigenvalue weighted by Gasteiger charge is -2.29. The standard InChI is InChI=1S/C9H17Cl2N/c1-9(6-10,7-11)12-8-4-2-3-5-8/h8,12H,2-7H2,1H3. The normalized spacial score (nSPS) is 20.2. The number of halogens is 2. The van der Waals surface area contributed by atoms with Crippen LogP contribution in [0.4, 0.5) is 0 Å². The van der Waals surface area contributed by atoms with Gasteiger partial charge in [-0.25, -0.2) is 0 Å². The minimum atomic E-state index is -0.0713. The van der Waals surface area contributed by atoms with Crippen LogP contribution < -0.4 is 5.32 Å². The van der Waals surface area contributed by atoms with Crippen LogP contribution in [0.5, 0.6) is 0 Å². The van der Waals surface area contributed by atoms with Crippen LogP contribution in [0.1, 0.15) is 32.6 Å². The molecule has 1 aliphatic carbocycles.